The fourth-order valence-corrected chi connectivity index (χ4v) is 4.50. The minimum Gasteiger partial charge on any atom is -0.366 e. The number of halogens is 1. The van der Waals surface area contributed by atoms with Gasteiger partial charge >= 0.3 is 0 Å². The normalized spacial score (nSPS) is 15.1. The number of benzene rings is 1. The summed E-state index contributed by atoms with van der Waals surface area (Å²) in [6.45, 7) is 2.79. The predicted molar refractivity (Wildman–Crippen MR) is 118 cm³/mol. The fourth-order valence-electron chi connectivity index (χ4n) is 3.68. The fraction of sp³-hybridized carbons (Fsp3) is 0.300. The summed E-state index contributed by atoms with van der Waals surface area (Å²) in [6, 6.07) is 10.6. The van der Waals surface area contributed by atoms with E-state index in [-0.39, 0.29) is 0 Å². The van der Waals surface area contributed by atoms with Gasteiger partial charge in [-0.25, -0.2) is 4.98 Å². The first-order valence-corrected chi connectivity index (χ1v) is 11.3. The first-order valence-electron chi connectivity index (χ1n) is 9.63. The molecule has 0 bridgehead atoms. The lowest BCUT2D eigenvalue weighted by molar-refractivity contribution is 0.453. The van der Waals surface area contributed by atoms with Gasteiger partial charge in [-0.3, -0.25) is 0 Å². The molecule has 4 aromatic rings. The number of anilines is 1. The van der Waals surface area contributed by atoms with Gasteiger partial charge in [-0.2, -0.15) is 9.61 Å². The van der Waals surface area contributed by atoms with Crippen LogP contribution in [-0.4, -0.2) is 37.3 Å². The average Bonchev–Trinajstić information content (AvgIpc) is 3.44. The molecule has 1 aliphatic heterocycles. The van der Waals surface area contributed by atoms with E-state index in [9.17, 15) is 0 Å². The minimum atomic E-state index is 0.481. The molecular formula is C20H20BrN7S. The largest absolute Gasteiger partial charge is 0.366 e. The maximum atomic E-state index is 4.89. The molecule has 5 rings (SSSR count). The van der Waals surface area contributed by atoms with Crippen LogP contribution in [0.1, 0.15) is 30.0 Å². The number of nitrogens with zero attached hydrogens (tertiary/aromatic N) is 5. The monoisotopic (exact) mass is 469 g/mol. The quantitative estimate of drug-likeness (QED) is 0.458. The molecule has 3 aromatic heterocycles. The van der Waals surface area contributed by atoms with Crippen LogP contribution in [0.4, 0.5) is 5.82 Å². The van der Waals surface area contributed by atoms with Crippen LogP contribution in [0.3, 0.4) is 0 Å². The molecule has 1 saturated heterocycles. The van der Waals surface area contributed by atoms with Crippen LogP contribution < -0.4 is 10.6 Å². The van der Waals surface area contributed by atoms with Gasteiger partial charge in [-0.05, 0) is 59.0 Å². The number of fused-ring (bicyclic) bond motifs is 1. The van der Waals surface area contributed by atoms with E-state index < -0.39 is 0 Å². The minimum absolute atomic E-state index is 0.481. The van der Waals surface area contributed by atoms with Crippen molar-refractivity contribution in [3.05, 3.63) is 57.6 Å². The van der Waals surface area contributed by atoms with E-state index in [0.717, 1.165) is 58.8 Å². The highest BCUT2D eigenvalue weighted by molar-refractivity contribution is 9.10. The Bertz CT molecular complexity index is 1100. The Morgan fingerprint density at radius 2 is 2.03 bits per heavy atom. The summed E-state index contributed by atoms with van der Waals surface area (Å²) in [4.78, 5) is 4.89. The van der Waals surface area contributed by atoms with Gasteiger partial charge in [0.15, 0.2) is 5.65 Å². The zero-order valence-corrected chi connectivity index (χ0v) is 18.1. The molecule has 148 valence electrons. The van der Waals surface area contributed by atoms with Crippen LogP contribution >= 0.6 is 27.5 Å². The third kappa shape index (κ3) is 3.90. The number of aromatic nitrogens is 5. The zero-order chi connectivity index (χ0) is 19.6. The summed E-state index contributed by atoms with van der Waals surface area (Å²) in [5.41, 5.74) is 5.18. The van der Waals surface area contributed by atoms with Crippen molar-refractivity contribution in [1.29, 1.82) is 0 Å². The van der Waals surface area contributed by atoms with Crippen molar-refractivity contribution in [2.75, 3.05) is 18.4 Å². The number of rotatable bonds is 5. The Morgan fingerprint density at radius 3 is 2.79 bits per heavy atom. The van der Waals surface area contributed by atoms with Crippen LogP contribution in [0.25, 0.3) is 16.9 Å². The molecular weight excluding hydrogens is 450 g/mol. The molecule has 1 aliphatic rings. The highest BCUT2D eigenvalue weighted by atomic mass is 79.9. The average molecular weight is 470 g/mol. The highest BCUT2D eigenvalue weighted by Crippen LogP contribution is 2.29. The van der Waals surface area contributed by atoms with Crippen LogP contribution in [0.2, 0.25) is 0 Å². The third-order valence-electron chi connectivity index (χ3n) is 5.29. The van der Waals surface area contributed by atoms with Gasteiger partial charge in [0.05, 0.1) is 10.7 Å². The van der Waals surface area contributed by atoms with Crippen molar-refractivity contribution in [1.82, 2.24) is 29.5 Å². The Labute approximate surface area is 180 Å². The molecule has 0 amide bonds. The molecule has 1 fully saturated rings. The summed E-state index contributed by atoms with van der Waals surface area (Å²) in [6.07, 6.45) is 4.03. The molecule has 7 nitrogen and oxygen atoms in total. The van der Waals surface area contributed by atoms with Crippen molar-refractivity contribution in [2.24, 2.45) is 0 Å². The third-order valence-corrected chi connectivity index (χ3v) is 6.35. The van der Waals surface area contributed by atoms with Crippen molar-refractivity contribution in [3.8, 4) is 11.3 Å². The van der Waals surface area contributed by atoms with Gasteiger partial charge in [-0.1, -0.05) is 28.8 Å². The lowest BCUT2D eigenvalue weighted by Crippen LogP contribution is -2.27. The second-order valence-electron chi connectivity index (χ2n) is 7.16. The Kier molecular flexibility index (Phi) is 5.26. The number of nitrogens with one attached hydrogen (secondary N) is 2. The van der Waals surface area contributed by atoms with Crippen LogP contribution in [0, 0.1) is 0 Å². The second-order valence-corrected chi connectivity index (χ2v) is 8.62. The maximum Gasteiger partial charge on any atom is 0.171 e. The number of piperidine rings is 1. The molecule has 0 radical (unpaired) electrons. The van der Waals surface area contributed by atoms with Gasteiger partial charge in [0.25, 0.3) is 0 Å². The van der Waals surface area contributed by atoms with Gasteiger partial charge < -0.3 is 10.6 Å². The van der Waals surface area contributed by atoms with Crippen molar-refractivity contribution in [3.63, 3.8) is 0 Å². The standard InChI is InChI=1S/C20H20BrN7S/c21-16-11-24-28-19(9-17(25-20(16)28)15-5-7-22-8-6-15)23-10-13-1-3-14(4-2-13)18-12-29-27-26-18/h1-4,9,11-12,15,22-23H,5-8,10H2. The first kappa shape index (κ1) is 18.7. The van der Waals surface area contributed by atoms with Gasteiger partial charge in [-0.15, -0.1) is 5.10 Å². The molecule has 0 spiro atoms. The molecule has 9 heteroatoms. The topological polar surface area (TPSA) is 80.0 Å². The van der Waals surface area contributed by atoms with E-state index in [1.54, 1.807) is 6.20 Å². The van der Waals surface area contributed by atoms with E-state index >= 15 is 0 Å². The van der Waals surface area contributed by atoms with Crippen molar-refractivity contribution >= 4 is 38.9 Å². The Hall–Kier alpha value is -2.36. The van der Waals surface area contributed by atoms with Crippen molar-refractivity contribution in [2.45, 2.75) is 25.3 Å². The van der Waals surface area contributed by atoms with Crippen LogP contribution in [0.5, 0.6) is 0 Å². The molecule has 0 saturated carbocycles. The summed E-state index contributed by atoms with van der Waals surface area (Å²) < 4.78 is 6.71. The first-order chi connectivity index (χ1) is 14.3. The van der Waals surface area contributed by atoms with E-state index in [1.807, 2.05) is 9.90 Å². The van der Waals surface area contributed by atoms with E-state index in [2.05, 4.69) is 71.6 Å². The highest BCUT2D eigenvalue weighted by Gasteiger charge is 2.19. The molecule has 29 heavy (non-hydrogen) atoms. The van der Waals surface area contributed by atoms with Crippen LogP contribution in [0.15, 0.2) is 46.4 Å². The summed E-state index contributed by atoms with van der Waals surface area (Å²) in [5, 5.41) is 17.5. The molecule has 0 aliphatic carbocycles. The second kappa shape index (κ2) is 8.17. The Morgan fingerprint density at radius 1 is 1.21 bits per heavy atom. The lowest BCUT2D eigenvalue weighted by atomic mass is 9.94. The number of hydrogen-bond acceptors (Lipinski definition) is 7. The van der Waals surface area contributed by atoms with Gasteiger partial charge in [0.1, 0.15) is 11.5 Å². The van der Waals surface area contributed by atoms with Gasteiger partial charge in [0.2, 0.25) is 0 Å². The molecule has 1 aromatic carbocycles. The molecule has 4 heterocycles. The predicted octanol–water partition coefficient (Wildman–Crippen LogP) is 4.09. The van der Waals surface area contributed by atoms with E-state index in [4.69, 9.17) is 4.98 Å². The zero-order valence-electron chi connectivity index (χ0n) is 15.7. The smallest absolute Gasteiger partial charge is 0.171 e. The van der Waals surface area contributed by atoms with Gasteiger partial charge in [0, 0.05) is 35.2 Å². The Balaban J connectivity index is 1.39. The number of hydrogen-bond donors (Lipinski definition) is 2. The lowest BCUT2D eigenvalue weighted by Gasteiger charge is -2.23. The van der Waals surface area contributed by atoms with E-state index in [0.29, 0.717) is 12.5 Å². The molecule has 0 unspecified atom stereocenters. The van der Waals surface area contributed by atoms with Crippen LogP contribution in [-0.2, 0) is 6.54 Å². The maximum absolute atomic E-state index is 4.89. The summed E-state index contributed by atoms with van der Waals surface area (Å²) in [7, 11) is 0. The van der Waals surface area contributed by atoms with E-state index in [1.165, 1.54) is 17.1 Å². The SMILES string of the molecule is Brc1cnn2c(NCc3ccc(-c4csnn4)cc3)cc(C3CCNCC3)nc12. The van der Waals surface area contributed by atoms with Crippen molar-refractivity contribution < 1.29 is 0 Å². The summed E-state index contributed by atoms with van der Waals surface area (Å²) >= 11 is 4.95. The molecule has 0 atom stereocenters. The molecule has 2 N–H and O–H groups in total. The summed E-state index contributed by atoms with van der Waals surface area (Å²) in [5.74, 6) is 1.44.